The van der Waals surface area contributed by atoms with E-state index in [0.717, 1.165) is 11.1 Å². The van der Waals surface area contributed by atoms with E-state index >= 15 is 0 Å². The first-order valence-corrected chi connectivity index (χ1v) is 7.70. The van der Waals surface area contributed by atoms with Gasteiger partial charge in [-0.3, -0.25) is 9.59 Å². The molecule has 0 saturated carbocycles. The topological polar surface area (TPSA) is 63.4 Å². The molecule has 4 heteroatoms. The molecule has 2 aromatic rings. The fourth-order valence-electron chi connectivity index (χ4n) is 2.51. The summed E-state index contributed by atoms with van der Waals surface area (Å²) in [6.07, 6.45) is 0.672. The molecule has 0 saturated heterocycles. The molecule has 0 heterocycles. The van der Waals surface area contributed by atoms with Gasteiger partial charge in [0.1, 0.15) is 0 Å². The molecular formula is C19H22N2O2. The van der Waals surface area contributed by atoms with E-state index < -0.39 is 5.91 Å². The van der Waals surface area contributed by atoms with Gasteiger partial charge < -0.3 is 10.6 Å². The zero-order chi connectivity index (χ0) is 16.8. The number of carbonyl (C=O) groups excluding carboxylic acids is 2. The van der Waals surface area contributed by atoms with Gasteiger partial charge in [0.2, 0.25) is 5.91 Å². The lowest BCUT2D eigenvalue weighted by Crippen LogP contribution is -2.43. The number of primary amides is 1. The minimum atomic E-state index is -0.507. The van der Waals surface area contributed by atoms with Crippen LogP contribution in [0, 0.1) is 0 Å². The normalized spacial score (nSPS) is 10.6. The Bertz CT molecular complexity index is 681. The number of nitrogens with two attached hydrogens (primary N) is 1. The number of rotatable bonds is 6. The van der Waals surface area contributed by atoms with Gasteiger partial charge >= 0.3 is 0 Å². The maximum Gasteiger partial charge on any atom is 0.254 e. The molecule has 2 N–H and O–H groups in total. The lowest BCUT2D eigenvalue weighted by Gasteiger charge is -2.26. The van der Waals surface area contributed by atoms with Gasteiger partial charge in [0, 0.05) is 11.6 Å². The number of nitrogens with zero attached hydrogens (tertiary/aromatic N) is 1. The molecule has 4 nitrogen and oxygen atoms in total. The molecule has 0 fully saturated rings. The second-order valence-corrected chi connectivity index (χ2v) is 5.81. The van der Waals surface area contributed by atoms with Crippen LogP contribution in [0.3, 0.4) is 0 Å². The van der Waals surface area contributed by atoms with E-state index in [2.05, 4.69) is 0 Å². The second kappa shape index (κ2) is 7.58. The molecular weight excluding hydrogens is 288 g/mol. The van der Waals surface area contributed by atoms with Crippen LogP contribution in [0.15, 0.2) is 54.6 Å². The molecule has 0 atom stereocenters. The van der Waals surface area contributed by atoms with Gasteiger partial charge in [-0.15, -0.1) is 0 Å². The van der Waals surface area contributed by atoms with Crippen LogP contribution < -0.4 is 5.73 Å². The van der Waals surface area contributed by atoms with Crippen LogP contribution >= 0.6 is 0 Å². The number of amides is 2. The summed E-state index contributed by atoms with van der Waals surface area (Å²) in [5.74, 6) is -0.669. The Kier molecular flexibility index (Phi) is 5.52. The molecule has 0 spiro atoms. The summed E-state index contributed by atoms with van der Waals surface area (Å²) < 4.78 is 0. The van der Waals surface area contributed by atoms with Crippen molar-refractivity contribution in [1.82, 2.24) is 4.90 Å². The van der Waals surface area contributed by atoms with Crippen LogP contribution in [0.25, 0.3) is 0 Å². The van der Waals surface area contributed by atoms with Gasteiger partial charge in [-0.25, -0.2) is 0 Å². The van der Waals surface area contributed by atoms with Gasteiger partial charge in [0.05, 0.1) is 6.54 Å². The van der Waals surface area contributed by atoms with E-state index in [1.807, 2.05) is 62.4 Å². The predicted molar refractivity (Wildman–Crippen MR) is 91.1 cm³/mol. The summed E-state index contributed by atoms with van der Waals surface area (Å²) in [6, 6.07) is 17.4. The van der Waals surface area contributed by atoms with E-state index in [4.69, 9.17) is 5.73 Å². The molecule has 2 amide bonds. The smallest absolute Gasteiger partial charge is 0.254 e. The highest BCUT2D eigenvalue weighted by atomic mass is 16.2. The highest BCUT2D eigenvalue weighted by Crippen LogP contribution is 2.17. The standard InChI is InChI=1S/C19H22N2O2/c1-14(2)21(13-18(20)22)19(23)17-11-7-6-10-16(17)12-15-8-4-3-5-9-15/h3-11,14H,12-13H2,1-2H3,(H2,20,22). The molecule has 0 bridgehead atoms. The lowest BCUT2D eigenvalue weighted by molar-refractivity contribution is -0.119. The molecule has 0 aliphatic carbocycles. The molecule has 0 aliphatic rings. The van der Waals surface area contributed by atoms with E-state index in [0.29, 0.717) is 12.0 Å². The number of hydrogen-bond acceptors (Lipinski definition) is 2. The number of carbonyl (C=O) groups is 2. The van der Waals surface area contributed by atoms with E-state index in [-0.39, 0.29) is 18.5 Å². The second-order valence-electron chi connectivity index (χ2n) is 5.81. The van der Waals surface area contributed by atoms with E-state index in [1.54, 1.807) is 6.07 Å². The van der Waals surface area contributed by atoms with Crippen molar-refractivity contribution in [1.29, 1.82) is 0 Å². The Balaban J connectivity index is 2.31. The van der Waals surface area contributed by atoms with Crippen molar-refractivity contribution < 1.29 is 9.59 Å². The van der Waals surface area contributed by atoms with E-state index in [9.17, 15) is 9.59 Å². The summed E-state index contributed by atoms with van der Waals surface area (Å²) in [6.45, 7) is 3.68. The van der Waals surface area contributed by atoms with Crippen molar-refractivity contribution in [2.24, 2.45) is 5.73 Å². The van der Waals surface area contributed by atoms with Crippen LogP contribution in [0.5, 0.6) is 0 Å². The van der Waals surface area contributed by atoms with Gasteiger partial charge in [0.25, 0.3) is 5.91 Å². The summed E-state index contributed by atoms with van der Waals surface area (Å²) in [5, 5.41) is 0. The Morgan fingerprint density at radius 2 is 1.61 bits per heavy atom. The van der Waals surface area contributed by atoms with Gasteiger partial charge in [-0.05, 0) is 37.5 Å². The van der Waals surface area contributed by atoms with Crippen molar-refractivity contribution >= 4 is 11.8 Å². The summed E-state index contributed by atoms with van der Waals surface area (Å²) in [5.41, 5.74) is 7.97. The summed E-state index contributed by atoms with van der Waals surface area (Å²) in [7, 11) is 0. The fraction of sp³-hybridized carbons (Fsp3) is 0.263. The van der Waals surface area contributed by atoms with Gasteiger partial charge in [-0.1, -0.05) is 48.5 Å². The predicted octanol–water partition coefficient (Wildman–Crippen LogP) is 2.61. The molecule has 23 heavy (non-hydrogen) atoms. The maximum absolute atomic E-state index is 12.9. The van der Waals surface area contributed by atoms with Gasteiger partial charge in [-0.2, -0.15) is 0 Å². The minimum Gasteiger partial charge on any atom is -0.368 e. The molecule has 2 rings (SSSR count). The molecule has 0 aliphatic heterocycles. The monoisotopic (exact) mass is 310 g/mol. The number of hydrogen-bond donors (Lipinski definition) is 1. The van der Waals surface area contributed by atoms with Crippen molar-refractivity contribution in [3.63, 3.8) is 0 Å². The van der Waals surface area contributed by atoms with Crippen molar-refractivity contribution in [3.8, 4) is 0 Å². The Morgan fingerprint density at radius 1 is 1.00 bits per heavy atom. The van der Waals surface area contributed by atoms with Crippen molar-refractivity contribution in [2.75, 3.05) is 6.54 Å². The van der Waals surface area contributed by atoms with Crippen LogP contribution in [0.4, 0.5) is 0 Å². The Labute approximate surface area is 136 Å². The van der Waals surface area contributed by atoms with Crippen LogP contribution in [-0.2, 0) is 11.2 Å². The average molecular weight is 310 g/mol. The van der Waals surface area contributed by atoms with Crippen LogP contribution in [-0.4, -0.2) is 29.3 Å². The quantitative estimate of drug-likeness (QED) is 0.891. The molecule has 0 unspecified atom stereocenters. The largest absolute Gasteiger partial charge is 0.368 e. The first-order chi connectivity index (χ1) is 11.0. The highest BCUT2D eigenvalue weighted by Gasteiger charge is 2.22. The van der Waals surface area contributed by atoms with Crippen LogP contribution in [0.1, 0.15) is 35.3 Å². The minimum absolute atomic E-state index is 0.0732. The van der Waals surface area contributed by atoms with E-state index in [1.165, 1.54) is 4.90 Å². The summed E-state index contributed by atoms with van der Waals surface area (Å²) >= 11 is 0. The zero-order valence-corrected chi connectivity index (χ0v) is 13.5. The first kappa shape index (κ1) is 16.7. The van der Waals surface area contributed by atoms with Crippen LogP contribution in [0.2, 0.25) is 0 Å². The molecule has 0 radical (unpaired) electrons. The third-order valence-electron chi connectivity index (χ3n) is 3.70. The van der Waals surface area contributed by atoms with Crippen molar-refractivity contribution in [2.45, 2.75) is 26.3 Å². The highest BCUT2D eigenvalue weighted by molar-refractivity contribution is 5.97. The molecule has 2 aromatic carbocycles. The third kappa shape index (κ3) is 4.42. The Morgan fingerprint density at radius 3 is 2.22 bits per heavy atom. The molecule has 120 valence electrons. The van der Waals surface area contributed by atoms with Gasteiger partial charge in [0.15, 0.2) is 0 Å². The zero-order valence-electron chi connectivity index (χ0n) is 13.5. The Hall–Kier alpha value is -2.62. The summed E-state index contributed by atoms with van der Waals surface area (Å²) in [4.78, 5) is 25.6. The fourth-order valence-corrected chi connectivity index (χ4v) is 2.51. The van der Waals surface area contributed by atoms with Crippen molar-refractivity contribution in [3.05, 3.63) is 71.3 Å². The third-order valence-corrected chi connectivity index (χ3v) is 3.70. The SMILES string of the molecule is CC(C)N(CC(N)=O)C(=O)c1ccccc1Cc1ccccc1. The number of benzene rings is 2. The average Bonchev–Trinajstić information content (AvgIpc) is 2.53. The molecule has 0 aromatic heterocycles. The maximum atomic E-state index is 12.9. The lowest BCUT2D eigenvalue weighted by atomic mass is 9.98. The first-order valence-electron chi connectivity index (χ1n) is 7.70.